The molecule has 0 saturated carbocycles. The van der Waals surface area contributed by atoms with Crippen LogP contribution in [0.3, 0.4) is 0 Å². The molecule has 138 valence electrons. The van der Waals surface area contributed by atoms with Gasteiger partial charge in [0, 0.05) is 11.4 Å². The first kappa shape index (κ1) is 18.1. The Kier molecular flexibility index (Phi) is 5.25. The van der Waals surface area contributed by atoms with E-state index in [1.54, 1.807) is 0 Å². The van der Waals surface area contributed by atoms with E-state index in [0.29, 0.717) is 5.92 Å². The summed E-state index contributed by atoms with van der Waals surface area (Å²) in [4.78, 5) is 0. The predicted molar refractivity (Wildman–Crippen MR) is 121 cm³/mol. The number of hydrogen-bond donors (Lipinski definition) is 1. The fraction of sp³-hybridized carbons (Fsp3) is 0.111. The van der Waals surface area contributed by atoms with Gasteiger partial charge in [-0.25, -0.2) is 0 Å². The van der Waals surface area contributed by atoms with Gasteiger partial charge in [-0.05, 0) is 58.0 Å². The van der Waals surface area contributed by atoms with Gasteiger partial charge in [0.2, 0.25) is 0 Å². The molecule has 0 aromatic heterocycles. The van der Waals surface area contributed by atoms with Crippen LogP contribution in [0.2, 0.25) is 0 Å². The largest absolute Gasteiger partial charge is 0.356 e. The molecule has 0 saturated heterocycles. The number of nitrogens with one attached hydrogen (secondary N) is 1. The predicted octanol–water partition coefficient (Wildman–Crippen LogP) is 7.89. The molecule has 0 atom stereocenters. The number of anilines is 2. The Morgan fingerprint density at radius 3 is 1.29 bits per heavy atom. The van der Waals surface area contributed by atoms with Crippen LogP contribution >= 0.6 is 0 Å². The second kappa shape index (κ2) is 8.14. The molecule has 1 N–H and O–H groups in total. The Bertz CT molecular complexity index is 1010. The molecule has 0 aliphatic carbocycles. The van der Waals surface area contributed by atoms with Crippen LogP contribution in [0.5, 0.6) is 0 Å². The van der Waals surface area contributed by atoms with Gasteiger partial charge in [0.1, 0.15) is 0 Å². The van der Waals surface area contributed by atoms with Gasteiger partial charge < -0.3 is 5.32 Å². The quantitative estimate of drug-likeness (QED) is 0.380. The van der Waals surface area contributed by atoms with Crippen molar-refractivity contribution in [3.05, 3.63) is 109 Å². The molecule has 0 aliphatic heterocycles. The third kappa shape index (κ3) is 4.15. The van der Waals surface area contributed by atoms with Gasteiger partial charge >= 0.3 is 0 Å². The maximum atomic E-state index is 3.49. The van der Waals surface area contributed by atoms with Crippen LogP contribution in [0.1, 0.15) is 25.3 Å². The summed E-state index contributed by atoms with van der Waals surface area (Å²) < 4.78 is 0. The molecular formula is C27H25N. The van der Waals surface area contributed by atoms with Crippen molar-refractivity contribution in [2.75, 3.05) is 5.32 Å². The highest BCUT2D eigenvalue weighted by Crippen LogP contribution is 2.26. The SMILES string of the molecule is CC(C)c1ccc(-c2ccc(Nc3ccc(-c4ccccc4)cc3)cc2)cc1. The fourth-order valence-corrected chi connectivity index (χ4v) is 3.35. The van der Waals surface area contributed by atoms with E-state index in [9.17, 15) is 0 Å². The Morgan fingerprint density at radius 2 is 0.857 bits per heavy atom. The highest BCUT2D eigenvalue weighted by Gasteiger charge is 2.02. The van der Waals surface area contributed by atoms with Gasteiger partial charge in [-0.1, -0.05) is 92.7 Å². The lowest BCUT2D eigenvalue weighted by Gasteiger charge is -2.10. The van der Waals surface area contributed by atoms with Crippen LogP contribution in [0.25, 0.3) is 22.3 Å². The van der Waals surface area contributed by atoms with E-state index < -0.39 is 0 Å². The lowest BCUT2D eigenvalue weighted by Crippen LogP contribution is -1.90. The van der Waals surface area contributed by atoms with Crippen molar-refractivity contribution >= 4 is 11.4 Å². The molecule has 28 heavy (non-hydrogen) atoms. The van der Waals surface area contributed by atoms with Crippen LogP contribution in [0, 0.1) is 0 Å². The van der Waals surface area contributed by atoms with Crippen molar-refractivity contribution in [1.82, 2.24) is 0 Å². The minimum absolute atomic E-state index is 0.564. The molecule has 4 aromatic rings. The molecule has 4 rings (SSSR count). The third-order valence-corrected chi connectivity index (χ3v) is 5.08. The van der Waals surface area contributed by atoms with E-state index in [1.165, 1.54) is 27.8 Å². The zero-order valence-electron chi connectivity index (χ0n) is 16.4. The Labute approximate surface area is 167 Å². The zero-order chi connectivity index (χ0) is 19.3. The molecule has 0 bridgehead atoms. The molecule has 0 unspecified atom stereocenters. The molecule has 4 aromatic carbocycles. The van der Waals surface area contributed by atoms with Gasteiger partial charge in [-0.2, -0.15) is 0 Å². The average molecular weight is 364 g/mol. The van der Waals surface area contributed by atoms with Gasteiger partial charge in [-0.15, -0.1) is 0 Å². The summed E-state index contributed by atoms with van der Waals surface area (Å²) in [5.41, 5.74) is 8.52. The van der Waals surface area contributed by atoms with Gasteiger partial charge in [0.15, 0.2) is 0 Å². The molecular weight excluding hydrogens is 338 g/mol. The van der Waals surface area contributed by atoms with E-state index in [-0.39, 0.29) is 0 Å². The molecule has 1 heteroatoms. The monoisotopic (exact) mass is 363 g/mol. The minimum Gasteiger partial charge on any atom is -0.356 e. The Balaban J connectivity index is 1.46. The lowest BCUT2D eigenvalue weighted by molar-refractivity contribution is 0.867. The molecule has 0 spiro atoms. The topological polar surface area (TPSA) is 12.0 Å². The van der Waals surface area contributed by atoms with Crippen LogP contribution in [-0.4, -0.2) is 0 Å². The van der Waals surface area contributed by atoms with Crippen LogP contribution < -0.4 is 5.32 Å². The van der Waals surface area contributed by atoms with E-state index in [1.807, 2.05) is 6.07 Å². The maximum Gasteiger partial charge on any atom is 0.0384 e. The minimum atomic E-state index is 0.564. The molecule has 0 fully saturated rings. The second-order valence-electron chi connectivity index (χ2n) is 7.42. The van der Waals surface area contributed by atoms with Crippen molar-refractivity contribution in [2.24, 2.45) is 0 Å². The third-order valence-electron chi connectivity index (χ3n) is 5.08. The molecule has 0 radical (unpaired) electrons. The van der Waals surface area contributed by atoms with Crippen LogP contribution in [-0.2, 0) is 0 Å². The number of rotatable bonds is 5. The highest BCUT2D eigenvalue weighted by atomic mass is 14.9. The van der Waals surface area contributed by atoms with Gasteiger partial charge in [-0.3, -0.25) is 0 Å². The number of hydrogen-bond acceptors (Lipinski definition) is 1. The smallest absolute Gasteiger partial charge is 0.0384 e. The van der Waals surface area contributed by atoms with Crippen molar-refractivity contribution in [1.29, 1.82) is 0 Å². The first-order valence-electron chi connectivity index (χ1n) is 9.82. The van der Waals surface area contributed by atoms with E-state index >= 15 is 0 Å². The van der Waals surface area contributed by atoms with E-state index in [2.05, 4.69) is 116 Å². The molecule has 0 amide bonds. The first-order chi connectivity index (χ1) is 13.7. The van der Waals surface area contributed by atoms with E-state index in [0.717, 1.165) is 11.4 Å². The van der Waals surface area contributed by atoms with Gasteiger partial charge in [0.05, 0.1) is 0 Å². The summed E-state index contributed by atoms with van der Waals surface area (Å²) in [7, 11) is 0. The summed E-state index contributed by atoms with van der Waals surface area (Å²) in [5.74, 6) is 0.564. The van der Waals surface area contributed by atoms with Crippen LogP contribution in [0.4, 0.5) is 11.4 Å². The summed E-state index contributed by atoms with van der Waals surface area (Å²) in [5, 5.41) is 3.49. The fourth-order valence-electron chi connectivity index (χ4n) is 3.35. The van der Waals surface area contributed by atoms with Crippen molar-refractivity contribution < 1.29 is 0 Å². The zero-order valence-corrected chi connectivity index (χ0v) is 16.4. The maximum absolute atomic E-state index is 3.49. The second-order valence-corrected chi connectivity index (χ2v) is 7.42. The summed E-state index contributed by atoms with van der Waals surface area (Å²) in [6, 6.07) is 36.5. The molecule has 0 heterocycles. The summed E-state index contributed by atoms with van der Waals surface area (Å²) in [6.07, 6.45) is 0. The van der Waals surface area contributed by atoms with Crippen LogP contribution in [0.15, 0.2) is 103 Å². The molecule has 0 aliphatic rings. The van der Waals surface area contributed by atoms with Crippen molar-refractivity contribution in [2.45, 2.75) is 19.8 Å². The lowest BCUT2D eigenvalue weighted by atomic mass is 9.99. The van der Waals surface area contributed by atoms with E-state index in [4.69, 9.17) is 0 Å². The van der Waals surface area contributed by atoms with Gasteiger partial charge in [0.25, 0.3) is 0 Å². The highest BCUT2D eigenvalue weighted by molar-refractivity contribution is 5.71. The Morgan fingerprint density at radius 1 is 0.464 bits per heavy atom. The first-order valence-corrected chi connectivity index (χ1v) is 9.82. The number of benzene rings is 4. The summed E-state index contributed by atoms with van der Waals surface area (Å²) >= 11 is 0. The van der Waals surface area contributed by atoms with Crippen molar-refractivity contribution in [3.8, 4) is 22.3 Å². The standard InChI is InChI=1S/C27H25N/c1-20(2)21-8-10-23(11-9-21)25-14-18-27(19-15-25)28-26-16-12-24(13-17-26)22-6-4-3-5-7-22/h3-20,28H,1-2H3. The normalized spacial score (nSPS) is 10.8. The summed E-state index contributed by atoms with van der Waals surface area (Å²) in [6.45, 7) is 4.45. The Hall–Kier alpha value is -3.32. The molecule has 1 nitrogen and oxygen atoms in total. The average Bonchev–Trinajstić information content (AvgIpc) is 2.75. The van der Waals surface area contributed by atoms with Crippen molar-refractivity contribution in [3.63, 3.8) is 0 Å².